The zero-order valence-electron chi connectivity index (χ0n) is 18.7. The van der Waals surface area contributed by atoms with E-state index < -0.39 is 22.4 Å². The van der Waals surface area contributed by atoms with Crippen LogP contribution in [0.4, 0.5) is 18.9 Å². The van der Waals surface area contributed by atoms with Crippen LogP contribution in [0.25, 0.3) is 0 Å². The van der Waals surface area contributed by atoms with Gasteiger partial charge in [-0.1, -0.05) is 0 Å². The van der Waals surface area contributed by atoms with Crippen molar-refractivity contribution in [3.63, 3.8) is 0 Å². The highest BCUT2D eigenvalue weighted by molar-refractivity contribution is 5.84. The number of carbonyl (C=O) groups is 1. The Balaban J connectivity index is 1.73. The highest BCUT2D eigenvalue weighted by Crippen LogP contribution is 2.40. The van der Waals surface area contributed by atoms with E-state index in [0.717, 1.165) is 6.07 Å². The zero-order valence-corrected chi connectivity index (χ0v) is 18.7. The molecule has 1 aliphatic rings. The van der Waals surface area contributed by atoms with Crippen LogP contribution in [0.2, 0.25) is 0 Å². The zero-order chi connectivity index (χ0) is 25.4. The summed E-state index contributed by atoms with van der Waals surface area (Å²) in [6, 6.07) is 6.50. The van der Waals surface area contributed by atoms with Crippen molar-refractivity contribution in [2.24, 2.45) is 5.10 Å². The van der Waals surface area contributed by atoms with Gasteiger partial charge in [-0.2, -0.15) is 18.3 Å². The number of benzene rings is 2. The molecule has 13 heteroatoms. The number of rotatable bonds is 9. The Morgan fingerprint density at radius 1 is 1.20 bits per heavy atom. The first kappa shape index (κ1) is 25.9. The Labute approximate surface area is 198 Å². The molecular formula is C22H23F3N4O6. The number of nitrogens with zero attached hydrogens (tertiary/aromatic N) is 3. The van der Waals surface area contributed by atoms with E-state index in [-0.39, 0.29) is 36.3 Å². The molecule has 0 atom stereocenters. The fourth-order valence-corrected chi connectivity index (χ4v) is 3.18. The molecule has 3 rings (SSSR count). The van der Waals surface area contributed by atoms with Crippen LogP contribution in [0.1, 0.15) is 18.1 Å². The normalized spacial score (nSPS) is 14.6. The molecule has 10 nitrogen and oxygen atoms in total. The van der Waals surface area contributed by atoms with Gasteiger partial charge in [-0.05, 0) is 42.8 Å². The standard InChI is InChI=1S/C22H23F3N4O6/c1-2-34-20-11-15(13-26-27-21(30)14-28-7-9-33-10-8-28)3-5-19(20)35-18-6-4-16(22(23,24)25)12-17(18)29(31)32/h3-6,11-13H,2,7-10,14H2,1H3,(H,27,30). The molecule has 2 aromatic carbocycles. The number of alkyl halides is 3. The van der Waals surface area contributed by atoms with Gasteiger partial charge in [0.15, 0.2) is 11.5 Å². The van der Waals surface area contributed by atoms with Crippen LogP contribution in [0.3, 0.4) is 0 Å². The average Bonchev–Trinajstić information content (AvgIpc) is 2.81. The van der Waals surface area contributed by atoms with Gasteiger partial charge in [0.2, 0.25) is 5.75 Å². The van der Waals surface area contributed by atoms with E-state index >= 15 is 0 Å². The van der Waals surface area contributed by atoms with E-state index in [1.54, 1.807) is 13.0 Å². The molecule has 0 radical (unpaired) electrons. The maximum atomic E-state index is 12.9. The average molecular weight is 496 g/mol. The number of halogens is 3. The van der Waals surface area contributed by atoms with Crippen molar-refractivity contribution >= 4 is 17.8 Å². The smallest absolute Gasteiger partial charge is 0.416 e. The molecule has 35 heavy (non-hydrogen) atoms. The molecule has 0 bridgehead atoms. The number of amides is 1. The van der Waals surface area contributed by atoms with Gasteiger partial charge in [-0.15, -0.1) is 0 Å². The van der Waals surface area contributed by atoms with Crippen LogP contribution >= 0.6 is 0 Å². The monoisotopic (exact) mass is 496 g/mol. The summed E-state index contributed by atoms with van der Waals surface area (Å²) in [7, 11) is 0. The molecule has 1 saturated heterocycles. The molecular weight excluding hydrogens is 473 g/mol. The van der Waals surface area contributed by atoms with Crippen LogP contribution in [-0.2, 0) is 15.7 Å². The highest BCUT2D eigenvalue weighted by Gasteiger charge is 2.33. The van der Waals surface area contributed by atoms with Gasteiger partial charge in [-0.25, -0.2) is 5.43 Å². The third-order valence-electron chi connectivity index (χ3n) is 4.84. The Hall–Kier alpha value is -3.71. The molecule has 0 unspecified atom stereocenters. The summed E-state index contributed by atoms with van der Waals surface area (Å²) in [5, 5.41) is 15.2. The summed E-state index contributed by atoms with van der Waals surface area (Å²) in [5.41, 5.74) is 0.953. The minimum atomic E-state index is -4.74. The molecule has 1 aliphatic heterocycles. The Kier molecular flexibility index (Phi) is 8.60. The van der Waals surface area contributed by atoms with E-state index in [9.17, 15) is 28.1 Å². The fraction of sp³-hybridized carbons (Fsp3) is 0.364. The third kappa shape index (κ3) is 7.39. The second kappa shape index (κ2) is 11.6. The van der Waals surface area contributed by atoms with Gasteiger partial charge < -0.3 is 14.2 Å². The topological polar surface area (TPSA) is 116 Å². The number of morpholine rings is 1. The fourth-order valence-electron chi connectivity index (χ4n) is 3.18. The first-order valence-electron chi connectivity index (χ1n) is 10.6. The number of hydrogen-bond donors (Lipinski definition) is 1. The SMILES string of the molecule is CCOc1cc(C=NNC(=O)CN2CCOCC2)ccc1Oc1ccc(C(F)(F)F)cc1[N+](=O)[O-]. The predicted molar refractivity (Wildman–Crippen MR) is 119 cm³/mol. The third-order valence-corrected chi connectivity index (χ3v) is 4.84. The van der Waals surface area contributed by atoms with Gasteiger partial charge >= 0.3 is 11.9 Å². The van der Waals surface area contributed by atoms with Crippen molar-refractivity contribution in [2.75, 3.05) is 39.5 Å². The molecule has 188 valence electrons. The van der Waals surface area contributed by atoms with E-state index in [1.807, 2.05) is 4.90 Å². The lowest BCUT2D eigenvalue weighted by Crippen LogP contribution is -2.42. The lowest BCUT2D eigenvalue weighted by molar-refractivity contribution is -0.385. The Morgan fingerprint density at radius 2 is 1.91 bits per heavy atom. The largest absolute Gasteiger partial charge is 0.490 e. The predicted octanol–water partition coefficient (Wildman–Crippen LogP) is 3.59. The van der Waals surface area contributed by atoms with Crippen molar-refractivity contribution in [3.8, 4) is 17.2 Å². The molecule has 2 aromatic rings. The van der Waals surface area contributed by atoms with Crippen molar-refractivity contribution in [3.05, 3.63) is 57.6 Å². The Morgan fingerprint density at radius 3 is 2.57 bits per heavy atom. The number of hydrogen-bond acceptors (Lipinski definition) is 8. The minimum Gasteiger partial charge on any atom is -0.490 e. The van der Waals surface area contributed by atoms with E-state index in [0.29, 0.717) is 44.0 Å². The number of hydrazone groups is 1. The van der Waals surface area contributed by atoms with Gasteiger partial charge in [0, 0.05) is 19.2 Å². The van der Waals surface area contributed by atoms with Crippen molar-refractivity contribution < 1.29 is 37.1 Å². The van der Waals surface area contributed by atoms with E-state index in [1.165, 1.54) is 18.3 Å². The molecule has 0 aromatic heterocycles. The van der Waals surface area contributed by atoms with Gasteiger partial charge in [0.1, 0.15) is 0 Å². The molecule has 1 N–H and O–H groups in total. The molecule has 0 spiro atoms. The van der Waals surface area contributed by atoms with Crippen LogP contribution in [-0.4, -0.2) is 61.4 Å². The number of carbonyl (C=O) groups excluding carboxylic acids is 1. The summed E-state index contributed by atoms with van der Waals surface area (Å²) in [4.78, 5) is 24.3. The maximum absolute atomic E-state index is 12.9. The maximum Gasteiger partial charge on any atom is 0.416 e. The van der Waals surface area contributed by atoms with Crippen LogP contribution < -0.4 is 14.9 Å². The van der Waals surface area contributed by atoms with E-state index in [2.05, 4.69) is 10.5 Å². The lowest BCUT2D eigenvalue weighted by atomic mass is 10.1. The van der Waals surface area contributed by atoms with Crippen molar-refractivity contribution in [2.45, 2.75) is 13.1 Å². The summed E-state index contributed by atoms with van der Waals surface area (Å²) >= 11 is 0. The van der Waals surface area contributed by atoms with Gasteiger partial charge in [0.05, 0.1) is 43.1 Å². The molecule has 1 fully saturated rings. The number of nitro groups is 1. The van der Waals surface area contributed by atoms with Crippen LogP contribution in [0, 0.1) is 10.1 Å². The lowest BCUT2D eigenvalue weighted by Gasteiger charge is -2.25. The molecule has 1 amide bonds. The summed E-state index contributed by atoms with van der Waals surface area (Å²) < 4.78 is 55.1. The number of nitrogens with one attached hydrogen (secondary N) is 1. The van der Waals surface area contributed by atoms with Crippen molar-refractivity contribution in [1.82, 2.24) is 10.3 Å². The van der Waals surface area contributed by atoms with Crippen LogP contribution in [0.15, 0.2) is 41.5 Å². The highest BCUT2D eigenvalue weighted by atomic mass is 19.4. The van der Waals surface area contributed by atoms with Crippen molar-refractivity contribution in [1.29, 1.82) is 0 Å². The second-order valence-electron chi connectivity index (χ2n) is 7.36. The molecule has 1 heterocycles. The summed E-state index contributed by atoms with van der Waals surface area (Å²) in [6.07, 6.45) is -3.36. The van der Waals surface area contributed by atoms with Gasteiger partial charge in [0.25, 0.3) is 5.91 Å². The summed E-state index contributed by atoms with van der Waals surface area (Å²) in [6.45, 7) is 4.57. The second-order valence-corrected chi connectivity index (χ2v) is 7.36. The van der Waals surface area contributed by atoms with Crippen LogP contribution in [0.5, 0.6) is 17.2 Å². The molecule has 0 saturated carbocycles. The number of nitro benzene ring substituents is 1. The van der Waals surface area contributed by atoms with E-state index in [4.69, 9.17) is 14.2 Å². The minimum absolute atomic E-state index is 0.0585. The Bertz CT molecular complexity index is 1090. The molecule has 0 aliphatic carbocycles. The quantitative estimate of drug-likeness (QED) is 0.321. The summed E-state index contributed by atoms with van der Waals surface area (Å²) in [5.74, 6) is -0.419. The van der Waals surface area contributed by atoms with Gasteiger partial charge in [-0.3, -0.25) is 19.8 Å². The first-order chi connectivity index (χ1) is 16.7. The number of ether oxygens (including phenoxy) is 3. The first-order valence-corrected chi connectivity index (χ1v) is 10.6.